The van der Waals surface area contributed by atoms with Crippen LogP contribution in [0.25, 0.3) is 21.8 Å². The normalized spacial score (nSPS) is 11.3. The van der Waals surface area contributed by atoms with Crippen molar-refractivity contribution >= 4 is 27.0 Å². The molecule has 4 nitrogen and oxygen atoms in total. The molecule has 0 spiro atoms. The minimum absolute atomic E-state index is 0.0526. The average Bonchev–Trinajstić information content (AvgIpc) is 3.19. The van der Waals surface area contributed by atoms with Crippen LogP contribution in [0.5, 0.6) is 0 Å². The number of benzene rings is 3. The summed E-state index contributed by atoms with van der Waals surface area (Å²) in [4.78, 5) is 4.70. The predicted molar refractivity (Wildman–Crippen MR) is 120 cm³/mol. The Morgan fingerprint density at radius 1 is 0.897 bits per heavy atom. The highest BCUT2D eigenvalue weighted by atomic mass is 32.2. The van der Waals surface area contributed by atoms with Gasteiger partial charge in [0.1, 0.15) is 5.01 Å². The van der Waals surface area contributed by atoms with Gasteiger partial charge in [0.25, 0.3) is 0 Å². The zero-order valence-electron chi connectivity index (χ0n) is 15.9. The second-order valence-corrected chi connectivity index (χ2v) is 9.41. The molecule has 0 radical (unpaired) electrons. The molecule has 4 rings (SSSR count). The van der Waals surface area contributed by atoms with Crippen LogP contribution < -0.4 is 4.72 Å². The van der Waals surface area contributed by atoms with Crippen LogP contribution >= 0.6 is 11.3 Å². The monoisotopic (exact) mass is 420 g/mol. The zero-order valence-corrected chi connectivity index (χ0v) is 17.5. The zero-order chi connectivity index (χ0) is 20.3. The quantitative estimate of drug-likeness (QED) is 0.433. The van der Waals surface area contributed by atoms with Crippen molar-refractivity contribution in [1.82, 2.24) is 4.98 Å². The van der Waals surface area contributed by atoms with Gasteiger partial charge in [-0.05, 0) is 24.6 Å². The molecule has 29 heavy (non-hydrogen) atoms. The van der Waals surface area contributed by atoms with Crippen molar-refractivity contribution in [3.8, 4) is 21.8 Å². The SMILES string of the molecule is Cc1cccc(CS(=O)(=O)Nc2ccc(-c3csc(-c4ccccc4)n3)cc2)c1. The van der Waals surface area contributed by atoms with Crippen molar-refractivity contribution in [2.24, 2.45) is 0 Å². The van der Waals surface area contributed by atoms with Gasteiger partial charge in [-0.3, -0.25) is 4.72 Å². The number of aryl methyl sites for hydroxylation is 1. The lowest BCUT2D eigenvalue weighted by Crippen LogP contribution is -2.15. The van der Waals surface area contributed by atoms with Gasteiger partial charge in [0.15, 0.2) is 0 Å². The number of rotatable bonds is 6. The highest BCUT2D eigenvalue weighted by Crippen LogP contribution is 2.29. The molecule has 0 aliphatic heterocycles. The third-order valence-corrected chi connectivity index (χ3v) is 6.57. The van der Waals surface area contributed by atoms with Crippen LogP contribution in [0.4, 0.5) is 5.69 Å². The van der Waals surface area contributed by atoms with E-state index < -0.39 is 10.0 Å². The Morgan fingerprint density at radius 2 is 1.66 bits per heavy atom. The summed E-state index contributed by atoms with van der Waals surface area (Å²) in [5, 5.41) is 2.97. The Kier molecular flexibility index (Phi) is 5.47. The number of nitrogens with zero attached hydrogens (tertiary/aromatic N) is 1. The molecule has 0 unspecified atom stereocenters. The number of sulfonamides is 1. The molecule has 0 fully saturated rings. The molecular weight excluding hydrogens is 400 g/mol. The molecule has 0 aliphatic rings. The first-order chi connectivity index (χ1) is 14.0. The molecule has 0 atom stereocenters. The summed E-state index contributed by atoms with van der Waals surface area (Å²) < 4.78 is 27.6. The van der Waals surface area contributed by atoms with Gasteiger partial charge in [-0.25, -0.2) is 13.4 Å². The van der Waals surface area contributed by atoms with Crippen molar-refractivity contribution in [3.05, 3.63) is 95.4 Å². The highest BCUT2D eigenvalue weighted by molar-refractivity contribution is 7.91. The molecule has 0 bridgehead atoms. The van der Waals surface area contributed by atoms with Crippen LogP contribution in [0.1, 0.15) is 11.1 Å². The fraction of sp³-hybridized carbons (Fsp3) is 0.0870. The highest BCUT2D eigenvalue weighted by Gasteiger charge is 2.12. The number of hydrogen-bond donors (Lipinski definition) is 1. The molecule has 146 valence electrons. The Bertz CT molecular complexity index is 1220. The number of nitrogens with one attached hydrogen (secondary N) is 1. The third-order valence-electron chi connectivity index (χ3n) is 4.42. The van der Waals surface area contributed by atoms with Crippen LogP contribution in [0.15, 0.2) is 84.2 Å². The maximum atomic E-state index is 12.5. The minimum Gasteiger partial charge on any atom is -0.283 e. The van der Waals surface area contributed by atoms with Gasteiger partial charge in [0, 0.05) is 22.2 Å². The van der Waals surface area contributed by atoms with Crippen molar-refractivity contribution < 1.29 is 8.42 Å². The molecule has 0 amide bonds. The average molecular weight is 421 g/mol. The largest absolute Gasteiger partial charge is 0.283 e. The summed E-state index contributed by atoms with van der Waals surface area (Å²) in [5.41, 5.74) is 5.27. The van der Waals surface area contributed by atoms with E-state index in [9.17, 15) is 8.42 Å². The van der Waals surface area contributed by atoms with Gasteiger partial charge >= 0.3 is 0 Å². The second kappa shape index (κ2) is 8.19. The molecule has 1 heterocycles. The van der Waals surface area contributed by atoms with E-state index in [0.717, 1.165) is 33.0 Å². The first kappa shape index (κ1) is 19.4. The number of thiazole rings is 1. The molecule has 0 saturated carbocycles. The van der Waals surface area contributed by atoms with E-state index >= 15 is 0 Å². The molecule has 0 aliphatic carbocycles. The van der Waals surface area contributed by atoms with E-state index in [0.29, 0.717) is 5.69 Å². The van der Waals surface area contributed by atoms with Crippen LogP contribution in [-0.4, -0.2) is 13.4 Å². The molecule has 4 aromatic rings. The molecular formula is C23H20N2O2S2. The summed E-state index contributed by atoms with van der Waals surface area (Å²) in [6.45, 7) is 1.95. The Hall–Kier alpha value is -2.96. The molecule has 1 N–H and O–H groups in total. The number of hydrogen-bond acceptors (Lipinski definition) is 4. The summed E-state index contributed by atoms with van der Waals surface area (Å²) in [6, 6.07) is 24.9. The van der Waals surface area contributed by atoms with Gasteiger partial charge in [-0.2, -0.15) is 0 Å². The lowest BCUT2D eigenvalue weighted by atomic mass is 10.1. The number of anilines is 1. The maximum Gasteiger partial charge on any atom is 0.236 e. The third kappa shape index (κ3) is 4.91. The van der Waals surface area contributed by atoms with E-state index in [-0.39, 0.29) is 5.75 Å². The van der Waals surface area contributed by atoms with Gasteiger partial charge in [0.05, 0.1) is 11.4 Å². The van der Waals surface area contributed by atoms with Gasteiger partial charge < -0.3 is 0 Å². The van der Waals surface area contributed by atoms with E-state index in [2.05, 4.69) is 4.72 Å². The minimum atomic E-state index is -3.48. The summed E-state index contributed by atoms with van der Waals surface area (Å²) in [5.74, 6) is -0.0526. The smallest absolute Gasteiger partial charge is 0.236 e. The van der Waals surface area contributed by atoms with E-state index in [1.165, 1.54) is 0 Å². The lowest BCUT2D eigenvalue weighted by Gasteiger charge is -2.09. The van der Waals surface area contributed by atoms with E-state index in [4.69, 9.17) is 4.98 Å². The fourth-order valence-corrected chi connectivity index (χ4v) is 5.09. The van der Waals surface area contributed by atoms with Crippen LogP contribution in [0, 0.1) is 6.92 Å². The van der Waals surface area contributed by atoms with Crippen molar-refractivity contribution in [2.75, 3.05) is 4.72 Å². The Morgan fingerprint density at radius 3 is 2.38 bits per heavy atom. The van der Waals surface area contributed by atoms with Gasteiger partial charge in [0.2, 0.25) is 10.0 Å². The van der Waals surface area contributed by atoms with Crippen molar-refractivity contribution in [2.45, 2.75) is 12.7 Å². The van der Waals surface area contributed by atoms with Crippen LogP contribution in [-0.2, 0) is 15.8 Å². The van der Waals surface area contributed by atoms with Crippen molar-refractivity contribution in [3.63, 3.8) is 0 Å². The number of aromatic nitrogens is 1. The summed E-state index contributed by atoms with van der Waals surface area (Å²) in [7, 11) is -3.48. The predicted octanol–water partition coefficient (Wildman–Crippen LogP) is 5.73. The standard InChI is InChI=1S/C23H20N2O2S2/c1-17-6-5-7-18(14-17)16-29(26,27)25-21-12-10-19(11-13-21)22-15-28-23(24-22)20-8-3-2-4-9-20/h2-15,25H,16H2,1H3. The lowest BCUT2D eigenvalue weighted by molar-refractivity contribution is 0.600. The Balaban J connectivity index is 1.47. The maximum absolute atomic E-state index is 12.5. The molecule has 3 aromatic carbocycles. The topological polar surface area (TPSA) is 59.1 Å². The van der Waals surface area contributed by atoms with E-state index in [1.807, 2.05) is 79.0 Å². The van der Waals surface area contributed by atoms with Gasteiger partial charge in [-0.15, -0.1) is 11.3 Å². The van der Waals surface area contributed by atoms with Gasteiger partial charge in [-0.1, -0.05) is 72.3 Å². The van der Waals surface area contributed by atoms with Crippen LogP contribution in [0.3, 0.4) is 0 Å². The first-order valence-corrected chi connectivity index (χ1v) is 11.7. The van der Waals surface area contributed by atoms with Crippen molar-refractivity contribution in [1.29, 1.82) is 0 Å². The first-order valence-electron chi connectivity index (χ1n) is 9.16. The molecule has 0 saturated heterocycles. The summed E-state index contributed by atoms with van der Waals surface area (Å²) >= 11 is 1.59. The fourth-order valence-electron chi connectivity index (χ4n) is 3.07. The second-order valence-electron chi connectivity index (χ2n) is 6.83. The molecule has 6 heteroatoms. The van der Waals surface area contributed by atoms with Crippen LogP contribution in [0.2, 0.25) is 0 Å². The molecule has 1 aromatic heterocycles. The van der Waals surface area contributed by atoms with E-state index in [1.54, 1.807) is 23.5 Å². The Labute approximate surface area is 175 Å². The summed E-state index contributed by atoms with van der Waals surface area (Å²) in [6.07, 6.45) is 0.